The highest BCUT2D eigenvalue weighted by Crippen LogP contribution is 2.46. The molecule has 12 heteroatoms. The lowest BCUT2D eigenvalue weighted by Gasteiger charge is -2.35. The van der Waals surface area contributed by atoms with E-state index in [0.29, 0.717) is 0 Å². The molecule has 0 spiro atoms. The minimum absolute atomic E-state index is 0.136. The molecule has 0 saturated carbocycles. The SMILES string of the molecule is COC(=O)c1cn(C[C@@]2(C)[C@H](C(=O)O)N3C(=O)C[C@@H]3S2(=O)=O)nn1. The Morgan fingerprint density at radius 1 is 1.50 bits per heavy atom. The highest BCUT2D eigenvalue weighted by Gasteiger charge is 2.70. The molecule has 2 saturated heterocycles. The van der Waals surface area contributed by atoms with Crippen molar-refractivity contribution < 1.29 is 32.6 Å². The zero-order chi connectivity index (χ0) is 17.9. The van der Waals surface area contributed by atoms with Crippen molar-refractivity contribution in [3.05, 3.63) is 11.9 Å². The zero-order valence-electron chi connectivity index (χ0n) is 12.7. The molecule has 0 radical (unpaired) electrons. The number of carboxylic acids is 1. The summed E-state index contributed by atoms with van der Waals surface area (Å²) in [5.41, 5.74) is -0.136. The lowest BCUT2D eigenvalue weighted by atomic mass is 9.96. The Labute approximate surface area is 136 Å². The van der Waals surface area contributed by atoms with E-state index >= 15 is 0 Å². The molecule has 0 unspecified atom stereocenters. The number of ether oxygens (including phenoxy) is 1. The van der Waals surface area contributed by atoms with Crippen LogP contribution in [0.1, 0.15) is 23.8 Å². The number of hydrogen-bond acceptors (Lipinski definition) is 8. The summed E-state index contributed by atoms with van der Waals surface area (Å²) in [5, 5.41) is 15.5. The summed E-state index contributed by atoms with van der Waals surface area (Å²) in [6.07, 6.45) is 0.940. The molecule has 0 bridgehead atoms. The molecule has 1 aromatic heterocycles. The Morgan fingerprint density at radius 2 is 2.17 bits per heavy atom. The van der Waals surface area contributed by atoms with Gasteiger partial charge in [0.25, 0.3) is 0 Å². The van der Waals surface area contributed by atoms with Crippen LogP contribution >= 0.6 is 0 Å². The molecule has 1 aromatic rings. The number of aliphatic carboxylic acids is 1. The minimum Gasteiger partial charge on any atom is -0.480 e. The van der Waals surface area contributed by atoms with Gasteiger partial charge in [-0.2, -0.15) is 0 Å². The standard InChI is InChI=1S/C12H14N4O7S/c1-12(5-15-4-6(13-14-15)11(20)23-2)9(10(18)19)16-7(17)3-8(16)24(12,21)22/h4,8-9H,3,5H2,1-2H3,(H,18,19)/t8-,9-,12-/m0/s1. The van der Waals surface area contributed by atoms with Gasteiger partial charge in [0, 0.05) is 0 Å². The quantitative estimate of drug-likeness (QED) is 0.489. The van der Waals surface area contributed by atoms with E-state index in [2.05, 4.69) is 15.0 Å². The van der Waals surface area contributed by atoms with Gasteiger partial charge < -0.3 is 14.7 Å². The van der Waals surface area contributed by atoms with Gasteiger partial charge in [0.15, 0.2) is 21.6 Å². The summed E-state index contributed by atoms with van der Waals surface area (Å²) < 4.78 is 29.2. The van der Waals surface area contributed by atoms with Crippen molar-refractivity contribution >= 4 is 27.7 Å². The molecule has 24 heavy (non-hydrogen) atoms. The number of nitrogens with zero attached hydrogens (tertiary/aromatic N) is 4. The average molecular weight is 358 g/mol. The van der Waals surface area contributed by atoms with E-state index in [4.69, 9.17) is 0 Å². The van der Waals surface area contributed by atoms with Gasteiger partial charge in [-0.05, 0) is 6.92 Å². The molecule has 3 heterocycles. The number of rotatable bonds is 4. The zero-order valence-corrected chi connectivity index (χ0v) is 13.6. The second-order valence-corrected chi connectivity index (χ2v) is 8.42. The number of esters is 1. The fourth-order valence-electron chi connectivity index (χ4n) is 3.18. The predicted molar refractivity (Wildman–Crippen MR) is 75.4 cm³/mol. The Morgan fingerprint density at radius 3 is 2.71 bits per heavy atom. The Hall–Kier alpha value is -2.50. The predicted octanol–water partition coefficient (Wildman–Crippen LogP) is -1.74. The summed E-state index contributed by atoms with van der Waals surface area (Å²) in [7, 11) is -2.80. The summed E-state index contributed by atoms with van der Waals surface area (Å²) in [4.78, 5) is 35.6. The first kappa shape index (κ1) is 16.4. The van der Waals surface area contributed by atoms with Crippen LogP contribution in [0.25, 0.3) is 0 Å². The second kappa shape index (κ2) is 5.00. The van der Waals surface area contributed by atoms with Gasteiger partial charge in [0.2, 0.25) is 5.91 Å². The van der Waals surface area contributed by atoms with Crippen LogP contribution in [0, 0.1) is 0 Å². The first-order chi connectivity index (χ1) is 11.1. The topological polar surface area (TPSA) is 149 Å². The fourth-order valence-corrected chi connectivity index (χ4v) is 5.54. The smallest absolute Gasteiger partial charge is 0.360 e. The lowest BCUT2D eigenvalue weighted by Crippen LogP contribution is -2.58. The van der Waals surface area contributed by atoms with Crippen LogP contribution in [0.15, 0.2) is 6.20 Å². The summed E-state index contributed by atoms with van der Waals surface area (Å²) in [6, 6.07) is -1.53. The molecule has 2 aliphatic heterocycles. The molecule has 0 aliphatic carbocycles. The van der Waals surface area contributed by atoms with Crippen molar-refractivity contribution in [2.24, 2.45) is 0 Å². The molecule has 2 fully saturated rings. The van der Waals surface area contributed by atoms with Gasteiger partial charge in [-0.1, -0.05) is 5.21 Å². The normalized spacial score (nSPS) is 30.6. The number of fused-ring (bicyclic) bond motifs is 1. The first-order valence-electron chi connectivity index (χ1n) is 6.89. The number of β-lactam (4-membered cyclic amide) rings is 1. The van der Waals surface area contributed by atoms with Crippen LogP contribution in [-0.4, -0.2) is 74.5 Å². The van der Waals surface area contributed by atoms with E-state index in [1.807, 2.05) is 0 Å². The Kier molecular flexibility index (Phi) is 3.41. The summed E-state index contributed by atoms with van der Waals surface area (Å²) in [5.74, 6) is -2.69. The Bertz CT molecular complexity index is 847. The number of carbonyl (C=O) groups excluding carboxylic acids is 2. The highest BCUT2D eigenvalue weighted by molar-refractivity contribution is 7.93. The van der Waals surface area contributed by atoms with Crippen molar-refractivity contribution in [3.63, 3.8) is 0 Å². The van der Waals surface area contributed by atoms with Gasteiger partial charge in [0.05, 0.1) is 26.3 Å². The molecule has 1 amide bonds. The van der Waals surface area contributed by atoms with Crippen LogP contribution in [0.4, 0.5) is 0 Å². The third-order valence-electron chi connectivity index (χ3n) is 4.46. The molecule has 2 aliphatic rings. The summed E-state index contributed by atoms with van der Waals surface area (Å²) in [6.45, 7) is 0.892. The number of amides is 1. The second-order valence-electron chi connectivity index (χ2n) is 5.85. The molecular weight excluding hydrogens is 344 g/mol. The molecule has 0 aromatic carbocycles. The van der Waals surface area contributed by atoms with Crippen LogP contribution in [-0.2, 0) is 30.7 Å². The molecular formula is C12H14N4O7S. The van der Waals surface area contributed by atoms with E-state index < -0.39 is 43.8 Å². The van der Waals surface area contributed by atoms with Crippen molar-refractivity contribution in [2.75, 3.05) is 7.11 Å². The van der Waals surface area contributed by atoms with Crippen molar-refractivity contribution in [1.29, 1.82) is 0 Å². The van der Waals surface area contributed by atoms with Gasteiger partial charge in [-0.3, -0.25) is 4.79 Å². The number of methoxy groups -OCH3 is 1. The van der Waals surface area contributed by atoms with E-state index in [-0.39, 0.29) is 18.7 Å². The maximum atomic E-state index is 12.7. The van der Waals surface area contributed by atoms with Crippen LogP contribution in [0.2, 0.25) is 0 Å². The van der Waals surface area contributed by atoms with Gasteiger partial charge in [-0.25, -0.2) is 22.7 Å². The van der Waals surface area contributed by atoms with Crippen molar-refractivity contribution in [1.82, 2.24) is 19.9 Å². The van der Waals surface area contributed by atoms with Gasteiger partial charge in [0.1, 0.15) is 10.1 Å². The summed E-state index contributed by atoms with van der Waals surface area (Å²) >= 11 is 0. The van der Waals surface area contributed by atoms with Gasteiger partial charge in [-0.15, -0.1) is 5.10 Å². The van der Waals surface area contributed by atoms with E-state index in [9.17, 15) is 27.9 Å². The first-order valence-corrected chi connectivity index (χ1v) is 8.44. The Balaban J connectivity index is 2.00. The maximum Gasteiger partial charge on any atom is 0.360 e. The van der Waals surface area contributed by atoms with Crippen LogP contribution in [0.5, 0.6) is 0 Å². The van der Waals surface area contributed by atoms with Crippen LogP contribution in [0.3, 0.4) is 0 Å². The van der Waals surface area contributed by atoms with Crippen molar-refractivity contribution in [3.8, 4) is 0 Å². The number of sulfone groups is 1. The molecule has 3 atom stereocenters. The molecule has 11 nitrogen and oxygen atoms in total. The molecule has 130 valence electrons. The number of carboxylic acid groups (broad SMARTS) is 1. The monoisotopic (exact) mass is 358 g/mol. The molecule has 1 N–H and O–H groups in total. The molecule has 3 rings (SSSR count). The number of hydrogen-bond donors (Lipinski definition) is 1. The maximum absolute atomic E-state index is 12.7. The van der Waals surface area contributed by atoms with Crippen molar-refractivity contribution in [2.45, 2.75) is 36.1 Å². The van der Waals surface area contributed by atoms with E-state index in [1.54, 1.807) is 0 Å². The van der Waals surface area contributed by atoms with Crippen LogP contribution < -0.4 is 0 Å². The largest absolute Gasteiger partial charge is 0.480 e. The number of aromatic nitrogens is 3. The number of carbonyl (C=O) groups is 3. The average Bonchev–Trinajstić information content (AvgIpc) is 3.00. The highest BCUT2D eigenvalue weighted by atomic mass is 32.2. The minimum atomic E-state index is -3.95. The third-order valence-corrected chi connectivity index (χ3v) is 7.22. The lowest BCUT2D eigenvalue weighted by molar-refractivity contribution is -0.157. The van der Waals surface area contributed by atoms with E-state index in [1.165, 1.54) is 13.1 Å². The van der Waals surface area contributed by atoms with E-state index in [0.717, 1.165) is 16.7 Å². The van der Waals surface area contributed by atoms with Gasteiger partial charge >= 0.3 is 11.9 Å². The fraction of sp³-hybridized carbons (Fsp3) is 0.583. The third kappa shape index (κ3) is 1.95.